The zero-order valence-electron chi connectivity index (χ0n) is 10.5. The minimum atomic E-state index is -0.244. The van der Waals surface area contributed by atoms with E-state index in [0.29, 0.717) is 18.7 Å². The Bertz CT molecular complexity index is 441. The number of hydrogen-bond donors (Lipinski definition) is 1. The summed E-state index contributed by atoms with van der Waals surface area (Å²) in [5.74, 6) is -0.158. The fourth-order valence-corrected chi connectivity index (χ4v) is 3.38. The van der Waals surface area contributed by atoms with Gasteiger partial charge in [-0.05, 0) is 20.0 Å². The molecule has 2 atom stereocenters. The van der Waals surface area contributed by atoms with Gasteiger partial charge in [0.2, 0.25) is 5.91 Å². The van der Waals surface area contributed by atoms with Crippen LogP contribution >= 0.6 is 11.8 Å². The summed E-state index contributed by atoms with van der Waals surface area (Å²) in [7, 11) is 1.84. The predicted molar refractivity (Wildman–Crippen MR) is 71.8 cm³/mol. The van der Waals surface area contributed by atoms with Crippen molar-refractivity contribution >= 4 is 17.7 Å². The molecule has 98 valence electrons. The molecule has 3 nitrogen and oxygen atoms in total. The molecule has 18 heavy (non-hydrogen) atoms. The monoisotopic (exact) mass is 268 g/mol. The summed E-state index contributed by atoms with van der Waals surface area (Å²) in [6.45, 7) is 3.19. The number of hydrogen-bond acceptors (Lipinski definition) is 3. The molecule has 0 aromatic heterocycles. The first-order valence-corrected chi connectivity index (χ1v) is 6.94. The van der Waals surface area contributed by atoms with Crippen molar-refractivity contribution in [2.75, 3.05) is 20.1 Å². The summed E-state index contributed by atoms with van der Waals surface area (Å²) in [5, 5.41) is 2.71. The highest BCUT2D eigenvalue weighted by molar-refractivity contribution is 8.01. The van der Waals surface area contributed by atoms with Gasteiger partial charge < -0.3 is 10.2 Å². The van der Waals surface area contributed by atoms with Crippen LogP contribution in [0.2, 0.25) is 0 Å². The molecule has 1 saturated heterocycles. The second kappa shape index (κ2) is 5.71. The smallest absolute Gasteiger partial charge is 0.236 e. The first-order valence-electron chi connectivity index (χ1n) is 6.00. The lowest BCUT2D eigenvalue weighted by molar-refractivity contribution is -0.129. The highest BCUT2D eigenvalue weighted by atomic mass is 32.2. The van der Waals surface area contributed by atoms with Crippen LogP contribution in [0.4, 0.5) is 4.39 Å². The van der Waals surface area contributed by atoms with E-state index in [1.807, 2.05) is 20.0 Å². The highest BCUT2D eigenvalue weighted by Crippen LogP contribution is 2.43. The lowest BCUT2D eigenvalue weighted by atomic mass is 10.2. The molecule has 0 unspecified atom stereocenters. The molecule has 0 bridgehead atoms. The van der Waals surface area contributed by atoms with Gasteiger partial charge >= 0.3 is 0 Å². The molecule has 0 spiro atoms. The van der Waals surface area contributed by atoms with E-state index in [4.69, 9.17) is 0 Å². The number of likely N-dealkylation sites (N-methyl/N-ethyl adjacent to an activating group) is 1. The van der Waals surface area contributed by atoms with E-state index in [0.717, 1.165) is 0 Å². The molecule has 1 aromatic rings. The van der Waals surface area contributed by atoms with Gasteiger partial charge in [0, 0.05) is 18.7 Å². The maximum Gasteiger partial charge on any atom is 0.236 e. The number of amides is 1. The molecule has 0 aliphatic carbocycles. The summed E-state index contributed by atoms with van der Waals surface area (Å²) < 4.78 is 13.8. The average Bonchev–Trinajstić information content (AvgIpc) is 2.64. The summed E-state index contributed by atoms with van der Waals surface area (Å²) in [4.78, 5) is 13.8. The molecular weight excluding hydrogens is 251 g/mol. The maximum atomic E-state index is 13.8. The number of carbonyl (C=O) groups is 1. The fraction of sp³-hybridized carbons (Fsp3) is 0.462. The van der Waals surface area contributed by atoms with Crippen molar-refractivity contribution in [1.82, 2.24) is 10.2 Å². The normalized spacial score (nSPS) is 23.7. The van der Waals surface area contributed by atoms with Gasteiger partial charge in [0.15, 0.2) is 0 Å². The Morgan fingerprint density at radius 2 is 2.17 bits per heavy atom. The fourth-order valence-electron chi connectivity index (χ4n) is 2.05. The molecular formula is C13H17FN2OS. The molecule has 1 N–H and O–H groups in total. The largest absolute Gasteiger partial charge is 0.324 e. The predicted octanol–water partition coefficient (Wildman–Crippen LogP) is 2.01. The third kappa shape index (κ3) is 2.52. The van der Waals surface area contributed by atoms with E-state index in [1.54, 1.807) is 17.0 Å². The number of thioether (sulfide) groups is 1. The van der Waals surface area contributed by atoms with Crippen LogP contribution in [0.15, 0.2) is 24.3 Å². The summed E-state index contributed by atoms with van der Waals surface area (Å²) in [6, 6.07) is 6.68. The maximum absolute atomic E-state index is 13.8. The quantitative estimate of drug-likeness (QED) is 0.906. The SMILES string of the molecule is CNCCN1C(=O)[C@H](C)S[C@H]1c1ccccc1F. The van der Waals surface area contributed by atoms with Crippen LogP contribution in [-0.2, 0) is 4.79 Å². The van der Waals surface area contributed by atoms with Gasteiger partial charge in [-0.25, -0.2) is 4.39 Å². The number of carbonyl (C=O) groups excluding carboxylic acids is 1. The van der Waals surface area contributed by atoms with E-state index >= 15 is 0 Å². The van der Waals surface area contributed by atoms with Gasteiger partial charge in [0.05, 0.1) is 5.25 Å². The summed E-state index contributed by atoms with van der Waals surface area (Å²) in [6.07, 6.45) is 0. The molecule has 1 heterocycles. The number of halogens is 1. The van der Waals surface area contributed by atoms with Crippen LogP contribution in [-0.4, -0.2) is 36.2 Å². The first kappa shape index (κ1) is 13.4. The zero-order valence-corrected chi connectivity index (χ0v) is 11.3. The van der Waals surface area contributed by atoms with Gasteiger partial charge in [0.25, 0.3) is 0 Å². The second-order valence-corrected chi connectivity index (χ2v) is 5.71. The van der Waals surface area contributed by atoms with Crippen molar-refractivity contribution in [3.05, 3.63) is 35.6 Å². The highest BCUT2D eigenvalue weighted by Gasteiger charge is 2.38. The van der Waals surface area contributed by atoms with Crippen molar-refractivity contribution in [2.45, 2.75) is 17.5 Å². The van der Waals surface area contributed by atoms with Gasteiger partial charge in [-0.3, -0.25) is 4.79 Å². The van der Waals surface area contributed by atoms with Crippen molar-refractivity contribution in [1.29, 1.82) is 0 Å². The van der Waals surface area contributed by atoms with Crippen molar-refractivity contribution in [3.8, 4) is 0 Å². The molecule has 2 rings (SSSR count). The van der Waals surface area contributed by atoms with Gasteiger partial charge in [-0.1, -0.05) is 18.2 Å². The molecule has 1 fully saturated rings. The van der Waals surface area contributed by atoms with E-state index in [9.17, 15) is 9.18 Å². The zero-order chi connectivity index (χ0) is 13.1. The van der Waals surface area contributed by atoms with Crippen LogP contribution in [0.1, 0.15) is 17.9 Å². The Morgan fingerprint density at radius 3 is 2.83 bits per heavy atom. The van der Waals surface area contributed by atoms with Crippen LogP contribution in [0.5, 0.6) is 0 Å². The van der Waals surface area contributed by atoms with Crippen LogP contribution < -0.4 is 5.32 Å². The lowest BCUT2D eigenvalue weighted by Gasteiger charge is -2.24. The van der Waals surface area contributed by atoms with Crippen LogP contribution in [0, 0.1) is 5.82 Å². The number of benzene rings is 1. The molecule has 5 heteroatoms. The standard InChI is InChI=1S/C13H17FN2OS/c1-9-12(17)16(8-7-15-2)13(18-9)10-5-3-4-6-11(10)14/h3-6,9,13,15H,7-8H2,1-2H3/t9-,13-/m0/s1. The van der Waals surface area contributed by atoms with Gasteiger partial charge in [-0.15, -0.1) is 11.8 Å². The van der Waals surface area contributed by atoms with Crippen molar-refractivity contribution < 1.29 is 9.18 Å². The topological polar surface area (TPSA) is 32.3 Å². The Hall–Kier alpha value is -1.07. The van der Waals surface area contributed by atoms with E-state index in [1.165, 1.54) is 17.8 Å². The summed E-state index contributed by atoms with van der Waals surface area (Å²) >= 11 is 1.51. The van der Waals surface area contributed by atoms with E-state index in [-0.39, 0.29) is 22.3 Å². The average molecular weight is 268 g/mol. The molecule has 1 aliphatic rings. The number of rotatable bonds is 4. The molecule has 1 aliphatic heterocycles. The Labute approximate surface area is 111 Å². The molecule has 0 radical (unpaired) electrons. The Morgan fingerprint density at radius 1 is 1.44 bits per heavy atom. The minimum Gasteiger partial charge on any atom is -0.324 e. The Balaban J connectivity index is 2.25. The number of nitrogens with one attached hydrogen (secondary N) is 1. The second-order valence-electron chi connectivity index (χ2n) is 4.29. The van der Waals surface area contributed by atoms with Crippen molar-refractivity contribution in [3.63, 3.8) is 0 Å². The van der Waals surface area contributed by atoms with Crippen molar-refractivity contribution in [2.24, 2.45) is 0 Å². The van der Waals surface area contributed by atoms with E-state index < -0.39 is 0 Å². The minimum absolute atomic E-state index is 0.0866. The number of nitrogens with zero attached hydrogens (tertiary/aromatic N) is 1. The van der Waals surface area contributed by atoms with E-state index in [2.05, 4.69) is 5.32 Å². The molecule has 1 aromatic carbocycles. The molecule has 1 amide bonds. The first-order chi connectivity index (χ1) is 8.65. The van der Waals surface area contributed by atoms with Gasteiger partial charge in [0.1, 0.15) is 11.2 Å². The third-order valence-corrected chi connectivity index (χ3v) is 4.40. The molecule has 0 saturated carbocycles. The van der Waals surface area contributed by atoms with Crippen LogP contribution in [0.25, 0.3) is 0 Å². The van der Waals surface area contributed by atoms with Gasteiger partial charge in [-0.2, -0.15) is 0 Å². The Kier molecular flexibility index (Phi) is 4.24. The van der Waals surface area contributed by atoms with Crippen LogP contribution in [0.3, 0.4) is 0 Å². The lowest BCUT2D eigenvalue weighted by Crippen LogP contribution is -2.35. The third-order valence-electron chi connectivity index (χ3n) is 3.02. The summed E-state index contributed by atoms with van der Waals surface area (Å²) in [5.41, 5.74) is 0.594.